The van der Waals surface area contributed by atoms with Gasteiger partial charge in [-0.05, 0) is 13.8 Å². The summed E-state index contributed by atoms with van der Waals surface area (Å²) in [5, 5.41) is 9.97. The van der Waals surface area contributed by atoms with Gasteiger partial charge in [-0.15, -0.1) is 0 Å². The van der Waals surface area contributed by atoms with Gasteiger partial charge in [-0.2, -0.15) is 9.40 Å². The van der Waals surface area contributed by atoms with Crippen LogP contribution in [0.25, 0.3) is 0 Å². The molecule has 1 aliphatic heterocycles. The molecule has 0 aromatic carbocycles. The number of aromatic nitrogens is 4. The zero-order valence-electron chi connectivity index (χ0n) is 11.7. The summed E-state index contributed by atoms with van der Waals surface area (Å²) >= 11 is 0. The zero-order valence-corrected chi connectivity index (χ0v) is 12.5. The van der Waals surface area contributed by atoms with Crippen LogP contribution in [0.4, 0.5) is 0 Å². The number of aryl methyl sites for hydroxylation is 2. The highest BCUT2D eigenvalue weighted by atomic mass is 32.2. The summed E-state index contributed by atoms with van der Waals surface area (Å²) in [4.78, 5) is 11.7. The van der Waals surface area contributed by atoms with Gasteiger partial charge in [0.1, 0.15) is 16.4 Å². The molecule has 0 aliphatic carbocycles. The number of nitrogens with zero attached hydrogens (tertiary/aromatic N) is 4. The molecule has 0 saturated heterocycles. The van der Waals surface area contributed by atoms with E-state index >= 15 is 0 Å². The monoisotopic (exact) mass is 313 g/mol. The van der Waals surface area contributed by atoms with E-state index in [0.717, 1.165) is 0 Å². The molecule has 0 fully saturated rings. The lowest BCUT2D eigenvalue weighted by molar-refractivity contribution is 0.387. The average molecular weight is 313 g/mol. The first-order valence-corrected chi connectivity index (χ1v) is 7.92. The highest BCUT2D eigenvalue weighted by molar-refractivity contribution is 7.89. The molecule has 10 heteroatoms. The van der Waals surface area contributed by atoms with Gasteiger partial charge in [0.25, 0.3) is 0 Å². The van der Waals surface area contributed by atoms with Crippen molar-refractivity contribution in [3.63, 3.8) is 0 Å². The average Bonchev–Trinajstić information content (AvgIpc) is 2.85. The lowest BCUT2D eigenvalue weighted by Gasteiger charge is -2.19. The first kappa shape index (κ1) is 14.0. The van der Waals surface area contributed by atoms with E-state index < -0.39 is 10.0 Å². The predicted octanol–water partition coefficient (Wildman–Crippen LogP) is -0.577. The summed E-state index contributed by atoms with van der Waals surface area (Å²) in [5.41, 5.74) is 0.0221. The number of sulfonamides is 1. The van der Waals surface area contributed by atoms with Crippen molar-refractivity contribution in [3.8, 4) is 0 Å². The first-order chi connectivity index (χ1) is 9.91. The molecule has 0 unspecified atom stereocenters. The maximum atomic E-state index is 12.7. The van der Waals surface area contributed by atoms with Gasteiger partial charge >= 0.3 is 5.69 Å². The van der Waals surface area contributed by atoms with Crippen LogP contribution >= 0.6 is 0 Å². The summed E-state index contributed by atoms with van der Waals surface area (Å²) in [6.45, 7) is 3.90. The fraction of sp³-hybridized carbons (Fsp3) is 0.545. The molecule has 0 radical (unpaired) electrons. The van der Waals surface area contributed by atoms with E-state index in [1.165, 1.54) is 8.87 Å². The smallest absolute Gasteiger partial charge is 0.343 e. The molecular formula is C11H15N5O4S. The Morgan fingerprint density at radius 2 is 2.00 bits per heavy atom. The maximum Gasteiger partial charge on any atom is 0.343 e. The largest absolute Gasteiger partial charge is 0.360 e. The Bertz CT molecular complexity index is 812. The van der Waals surface area contributed by atoms with Crippen molar-refractivity contribution in [1.29, 1.82) is 0 Å². The van der Waals surface area contributed by atoms with Crippen molar-refractivity contribution < 1.29 is 12.9 Å². The van der Waals surface area contributed by atoms with E-state index in [1.807, 2.05) is 0 Å². The van der Waals surface area contributed by atoms with Gasteiger partial charge in [0.05, 0.1) is 0 Å². The van der Waals surface area contributed by atoms with Crippen molar-refractivity contribution in [2.75, 3.05) is 13.1 Å². The van der Waals surface area contributed by atoms with Gasteiger partial charge in [0, 0.05) is 26.1 Å². The molecular weight excluding hydrogens is 298 g/mol. The molecule has 9 nitrogen and oxygen atoms in total. The van der Waals surface area contributed by atoms with E-state index in [9.17, 15) is 13.2 Å². The van der Waals surface area contributed by atoms with Gasteiger partial charge in [0.15, 0.2) is 5.76 Å². The van der Waals surface area contributed by atoms with Crippen LogP contribution < -0.4 is 5.69 Å². The second kappa shape index (κ2) is 4.81. The lowest BCUT2D eigenvalue weighted by atomic mass is 10.4. The third kappa shape index (κ3) is 2.20. The highest BCUT2D eigenvalue weighted by Gasteiger charge is 2.32. The number of hydrogen-bond acceptors (Lipinski definition) is 6. The van der Waals surface area contributed by atoms with Crippen LogP contribution in [0.2, 0.25) is 0 Å². The SMILES string of the molecule is Cc1noc(C)c1S(=O)(=O)N1CCc2n[nH]c(=O)n2CC1. The molecule has 0 amide bonds. The van der Waals surface area contributed by atoms with Crippen LogP contribution in [-0.2, 0) is 23.0 Å². The summed E-state index contributed by atoms with van der Waals surface area (Å²) in [7, 11) is -3.69. The topological polar surface area (TPSA) is 114 Å². The lowest BCUT2D eigenvalue weighted by Crippen LogP contribution is -2.35. The molecule has 3 heterocycles. The van der Waals surface area contributed by atoms with Gasteiger partial charge in [-0.3, -0.25) is 4.57 Å². The molecule has 21 heavy (non-hydrogen) atoms. The molecule has 114 valence electrons. The minimum atomic E-state index is -3.69. The Kier molecular flexibility index (Phi) is 3.21. The Morgan fingerprint density at radius 1 is 1.24 bits per heavy atom. The van der Waals surface area contributed by atoms with Crippen LogP contribution in [-0.4, -0.2) is 45.7 Å². The third-order valence-corrected chi connectivity index (χ3v) is 5.70. The fourth-order valence-corrected chi connectivity index (χ4v) is 4.26. The van der Waals surface area contributed by atoms with Crippen molar-refractivity contribution in [2.24, 2.45) is 0 Å². The van der Waals surface area contributed by atoms with E-state index in [0.29, 0.717) is 17.9 Å². The quantitative estimate of drug-likeness (QED) is 0.793. The van der Waals surface area contributed by atoms with E-state index in [1.54, 1.807) is 13.8 Å². The van der Waals surface area contributed by atoms with Crippen molar-refractivity contribution >= 4 is 10.0 Å². The summed E-state index contributed by atoms with van der Waals surface area (Å²) in [6.07, 6.45) is 0.376. The Labute approximate surface area is 120 Å². The summed E-state index contributed by atoms with van der Waals surface area (Å²) in [5.74, 6) is 0.837. The summed E-state index contributed by atoms with van der Waals surface area (Å²) < 4.78 is 33.2. The van der Waals surface area contributed by atoms with E-state index in [-0.39, 0.29) is 36.0 Å². The number of aromatic amines is 1. The van der Waals surface area contributed by atoms with Crippen LogP contribution in [0.5, 0.6) is 0 Å². The standard InChI is InChI=1S/C11H15N5O4S/c1-7-10(8(2)20-14-7)21(18,19)15-4-3-9-12-13-11(17)16(9)6-5-15/h3-6H2,1-2H3,(H,13,17). The first-order valence-electron chi connectivity index (χ1n) is 6.48. The van der Waals surface area contributed by atoms with Crippen molar-refractivity contribution in [2.45, 2.75) is 31.7 Å². The van der Waals surface area contributed by atoms with Gasteiger partial charge in [0.2, 0.25) is 10.0 Å². The van der Waals surface area contributed by atoms with Gasteiger partial charge in [-0.1, -0.05) is 5.16 Å². The molecule has 3 rings (SSSR count). The Morgan fingerprint density at radius 3 is 2.67 bits per heavy atom. The Balaban J connectivity index is 1.94. The second-order valence-electron chi connectivity index (χ2n) is 4.90. The molecule has 2 aromatic rings. The number of fused-ring (bicyclic) bond motifs is 1. The summed E-state index contributed by atoms with van der Waals surface area (Å²) in [6, 6.07) is 0. The van der Waals surface area contributed by atoms with Crippen LogP contribution in [0.3, 0.4) is 0 Å². The van der Waals surface area contributed by atoms with Crippen LogP contribution in [0.15, 0.2) is 14.2 Å². The fourth-order valence-electron chi connectivity index (χ4n) is 2.53. The van der Waals surface area contributed by atoms with Crippen LogP contribution in [0, 0.1) is 13.8 Å². The minimum Gasteiger partial charge on any atom is -0.360 e. The molecule has 0 bridgehead atoms. The van der Waals surface area contributed by atoms with E-state index in [2.05, 4.69) is 15.4 Å². The predicted molar refractivity (Wildman–Crippen MR) is 71.3 cm³/mol. The molecule has 0 spiro atoms. The molecule has 1 N–H and O–H groups in total. The normalized spacial score (nSPS) is 16.7. The van der Waals surface area contributed by atoms with Gasteiger partial charge in [-0.25, -0.2) is 18.3 Å². The number of rotatable bonds is 2. The van der Waals surface area contributed by atoms with Gasteiger partial charge < -0.3 is 4.52 Å². The maximum absolute atomic E-state index is 12.7. The molecule has 0 saturated carbocycles. The molecule has 1 aliphatic rings. The molecule has 0 atom stereocenters. The minimum absolute atomic E-state index is 0.107. The number of hydrogen-bond donors (Lipinski definition) is 1. The van der Waals surface area contributed by atoms with Crippen LogP contribution in [0.1, 0.15) is 17.3 Å². The van der Waals surface area contributed by atoms with Crippen molar-refractivity contribution in [1.82, 2.24) is 24.2 Å². The zero-order chi connectivity index (χ0) is 15.2. The highest BCUT2D eigenvalue weighted by Crippen LogP contribution is 2.24. The van der Waals surface area contributed by atoms with Crippen molar-refractivity contribution in [3.05, 3.63) is 27.8 Å². The number of nitrogens with one attached hydrogen (secondary N) is 1. The third-order valence-electron chi connectivity index (χ3n) is 3.56. The molecule has 2 aromatic heterocycles. The number of H-pyrrole nitrogens is 1. The second-order valence-corrected chi connectivity index (χ2v) is 6.78. The van der Waals surface area contributed by atoms with E-state index in [4.69, 9.17) is 4.52 Å². The Hall–Kier alpha value is -1.94.